The van der Waals surface area contributed by atoms with Crippen LogP contribution in [0, 0.1) is 5.82 Å². The van der Waals surface area contributed by atoms with Gasteiger partial charge in [-0.15, -0.1) is 0 Å². The quantitative estimate of drug-likeness (QED) is 0.631. The molecule has 3 N–H and O–H groups in total. The zero-order valence-corrected chi connectivity index (χ0v) is 16.5. The van der Waals surface area contributed by atoms with Gasteiger partial charge >= 0.3 is 6.03 Å². The molecule has 1 fully saturated rings. The molecule has 30 heavy (non-hydrogen) atoms. The highest BCUT2D eigenvalue weighted by molar-refractivity contribution is 6.10. The van der Waals surface area contributed by atoms with Crippen LogP contribution >= 0.6 is 0 Å². The van der Waals surface area contributed by atoms with Crippen LogP contribution in [0.2, 0.25) is 0 Å². The number of hydrogen-bond donors (Lipinski definition) is 3. The fourth-order valence-electron chi connectivity index (χ4n) is 3.37. The van der Waals surface area contributed by atoms with Crippen molar-refractivity contribution in [2.75, 3.05) is 18.9 Å². The molecule has 8 nitrogen and oxygen atoms in total. The van der Waals surface area contributed by atoms with Crippen LogP contribution in [0.3, 0.4) is 0 Å². The maximum absolute atomic E-state index is 13.3. The van der Waals surface area contributed by atoms with E-state index >= 15 is 0 Å². The molecule has 0 saturated carbocycles. The molecule has 3 rings (SSSR count). The lowest BCUT2D eigenvalue weighted by atomic mass is 9.87. The van der Waals surface area contributed by atoms with E-state index in [2.05, 4.69) is 16.0 Å². The molecule has 0 unspecified atom stereocenters. The van der Waals surface area contributed by atoms with Gasteiger partial charge in [-0.25, -0.2) is 9.18 Å². The molecular formula is C21H21FN4O4. The summed E-state index contributed by atoms with van der Waals surface area (Å²) in [6.07, 6.45) is 0.232. The average molecular weight is 412 g/mol. The van der Waals surface area contributed by atoms with Crippen LogP contribution in [-0.2, 0) is 15.1 Å². The zero-order valence-electron chi connectivity index (χ0n) is 16.5. The van der Waals surface area contributed by atoms with Crippen molar-refractivity contribution in [1.82, 2.24) is 15.5 Å². The van der Waals surface area contributed by atoms with Gasteiger partial charge in [0, 0.05) is 18.3 Å². The predicted octanol–water partition coefficient (Wildman–Crippen LogP) is 1.98. The number of imide groups is 1. The first kappa shape index (κ1) is 21.0. The standard InChI is InChI=1S/C21H21FN4O4/c1-3-21(14-7-9-15(22)10-8-14)19(29)26(20(30)25-21)12-17(27)24-16-6-4-5-13(11-16)18(28)23-2/h4-11H,3,12H2,1-2H3,(H,23,28)(H,24,27)(H,25,30)/t21-/m0/s1. The summed E-state index contributed by atoms with van der Waals surface area (Å²) in [5, 5.41) is 7.70. The molecular weight excluding hydrogens is 391 g/mol. The first-order chi connectivity index (χ1) is 14.3. The highest BCUT2D eigenvalue weighted by atomic mass is 19.1. The summed E-state index contributed by atoms with van der Waals surface area (Å²) in [4.78, 5) is 50.5. The normalized spacial score (nSPS) is 18.2. The van der Waals surface area contributed by atoms with Gasteiger partial charge in [0.1, 0.15) is 17.9 Å². The number of hydrogen-bond acceptors (Lipinski definition) is 4. The highest BCUT2D eigenvalue weighted by Gasteiger charge is 2.51. The summed E-state index contributed by atoms with van der Waals surface area (Å²) in [6.45, 7) is 1.22. The number of urea groups is 1. The second kappa shape index (κ2) is 8.32. The largest absolute Gasteiger partial charge is 0.355 e. The van der Waals surface area contributed by atoms with Crippen molar-refractivity contribution >= 4 is 29.4 Å². The van der Waals surface area contributed by atoms with Gasteiger partial charge in [0.15, 0.2) is 0 Å². The summed E-state index contributed by atoms with van der Waals surface area (Å²) >= 11 is 0. The Kier molecular flexibility index (Phi) is 5.81. The minimum atomic E-state index is -1.36. The molecule has 1 atom stereocenters. The smallest absolute Gasteiger partial charge is 0.325 e. The number of amides is 5. The summed E-state index contributed by atoms with van der Waals surface area (Å²) in [5.74, 6) is -1.96. The molecule has 9 heteroatoms. The Balaban J connectivity index is 1.76. The van der Waals surface area contributed by atoms with Gasteiger partial charge < -0.3 is 16.0 Å². The van der Waals surface area contributed by atoms with E-state index in [1.165, 1.54) is 37.4 Å². The second-order valence-corrected chi connectivity index (χ2v) is 6.80. The molecule has 0 bridgehead atoms. The Labute approximate surface area is 172 Å². The molecule has 0 spiro atoms. The van der Waals surface area contributed by atoms with Gasteiger partial charge in [0.2, 0.25) is 5.91 Å². The van der Waals surface area contributed by atoms with Crippen molar-refractivity contribution < 1.29 is 23.6 Å². The fraction of sp³-hybridized carbons (Fsp3) is 0.238. The van der Waals surface area contributed by atoms with E-state index in [4.69, 9.17) is 0 Å². The number of carbonyl (C=O) groups is 4. The van der Waals surface area contributed by atoms with Gasteiger partial charge in [-0.1, -0.05) is 25.1 Å². The minimum absolute atomic E-state index is 0.232. The lowest BCUT2D eigenvalue weighted by Gasteiger charge is -2.25. The Bertz CT molecular complexity index is 1010. The van der Waals surface area contributed by atoms with E-state index in [-0.39, 0.29) is 12.3 Å². The van der Waals surface area contributed by atoms with Crippen molar-refractivity contribution in [1.29, 1.82) is 0 Å². The molecule has 1 heterocycles. The molecule has 156 valence electrons. The monoisotopic (exact) mass is 412 g/mol. The third kappa shape index (κ3) is 3.86. The number of carbonyl (C=O) groups excluding carboxylic acids is 4. The Morgan fingerprint density at radius 3 is 2.47 bits per heavy atom. The molecule has 2 aromatic carbocycles. The Hall–Kier alpha value is -3.75. The van der Waals surface area contributed by atoms with Gasteiger partial charge in [-0.05, 0) is 42.3 Å². The topological polar surface area (TPSA) is 108 Å². The van der Waals surface area contributed by atoms with Crippen LogP contribution in [0.4, 0.5) is 14.9 Å². The lowest BCUT2D eigenvalue weighted by Crippen LogP contribution is -2.44. The fourth-order valence-corrected chi connectivity index (χ4v) is 3.37. The average Bonchev–Trinajstić information content (AvgIpc) is 2.99. The first-order valence-corrected chi connectivity index (χ1v) is 9.33. The molecule has 1 aliphatic rings. The number of nitrogens with zero attached hydrogens (tertiary/aromatic N) is 1. The minimum Gasteiger partial charge on any atom is -0.355 e. The van der Waals surface area contributed by atoms with E-state index in [1.807, 2.05) is 0 Å². The molecule has 1 saturated heterocycles. The van der Waals surface area contributed by atoms with Crippen molar-refractivity contribution in [3.8, 4) is 0 Å². The van der Waals surface area contributed by atoms with Crippen molar-refractivity contribution in [2.24, 2.45) is 0 Å². The third-order valence-electron chi connectivity index (χ3n) is 4.98. The SMILES string of the molecule is CC[C@@]1(c2ccc(F)cc2)NC(=O)N(CC(=O)Nc2cccc(C(=O)NC)c2)C1=O. The van der Waals surface area contributed by atoms with Gasteiger partial charge in [-0.2, -0.15) is 0 Å². The molecule has 0 radical (unpaired) electrons. The molecule has 5 amide bonds. The molecule has 2 aromatic rings. The summed E-state index contributed by atoms with van der Waals surface area (Å²) in [5.41, 5.74) is -0.213. The maximum Gasteiger partial charge on any atom is 0.325 e. The molecule has 0 aromatic heterocycles. The van der Waals surface area contributed by atoms with Crippen LogP contribution in [0.25, 0.3) is 0 Å². The molecule has 0 aliphatic carbocycles. The summed E-state index contributed by atoms with van der Waals surface area (Å²) < 4.78 is 13.3. The van der Waals surface area contributed by atoms with Crippen molar-refractivity contribution in [3.05, 3.63) is 65.5 Å². The summed E-state index contributed by atoms with van der Waals surface area (Å²) in [7, 11) is 1.49. The van der Waals surface area contributed by atoms with Crippen LogP contribution in [-0.4, -0.2) is 42.2 Å². The van der Waals surface area contributed by atoms with Gasteiger partial charge in [0.25, 0.3) is 11.8 Å². The lowest BCUT2D eigenvalue weighted by molar-refractivity contribution is -0.134. The second-order valence-electron chi connectivity index (χ2n) is 6.80. The van der Waals surface area contributed by atoms with Gasteiger partial charge in [-0.3, -0.25) is 19.3 Å². The number of rotatable bonds is 6. The van der Waals surface area contributed by atoms with Crippen molar-refractivity contribution in [3.63, 3.8) is 0 Å². The third-order valence-corrected chi connectivity index (χ3v) is 4.98. The number of benzene rings is 2. The molecule has 1 aliphatic heterocycles. The van der Waals surface area contributed by atoms with E-state index < -0.39 is 35.7 Å². The Morgan fingerprint density at radius 2 is 1.83 bits per heavy atom. The van der Waals surface area contributed by atoms with Crippen molar-refractivity contribution in [2.45, 2.75) is 18.9 Å². The van der Waals surface area contributed by atoms with Crippen LogP contribution in [0.1, 0.15) is 29.3 Å². The van der Waals surface area contributed by atoms with E-state index in [9.17, 15) is 23.6 Å². The Morgan fingerprint density at radius 1 is 1.13 bits per heavy atom. The summed E-state index contributed by atoms with van der Waals surface area (Å²) in [6, 6.07) is 10.8. The van der Waals surface area contributed by atoms with E-state index in [1.54, 1.807) is 25.1 Å². The van der Waals surface area contributed by atoms with Crippen LogP contribution in [0.15, 0.2) is 48.5 Å². The van der Waals surface area contributed by atoms with Gasteiger partial charge in [0.05, 0.1) is 0 Å². The number of nitrogens with one attached hydrogen (secondary N) is 3. The number of anilines is 1. The highest BCUT2D eigenvalue weighted by Crippen LogP contribution is 2.32. The first-order valence-electron chi connectivity index (χ1n) is 9.33. The van der Waals surface area contributed by atoms with Crippen LogP contribution in [0.5, 0.6) is 0 Å². The van der Waals surface area contributed by atoms with E-state index in [0.29, 0.717) is 16.8 Å². The maximum atomic E-state index is 13.3. The van der Waals surface area contributed by atoms with E-state index in [0.717, 1.165) is 4.90 Å². The van der Waals surface area contributed by atoms with Crippen LogP contribution < -0.4 is 16.0 Å². The zero-order chi connectivity index (χ0) is 21.9. The number of halogens is 1. The predicted molar refractivity (Wildman–Crippen MR) is 107 cm³/mol.